The summed E-state index contributed by atoms with van der Waals surface area (Å²) in [4.78, 5) is 8.63. The molecule has 0 saturated heterocycles. The molecule has 0 amide bonds. The second kappa shape index (κ2) is 8.46. The summed E-state index contributed by atoms with van der Waals surface area (Å²) in [6.07, 6.45) is -1.05. The smallest absolute Gasteiger partial charge is 0.422 e. The second-order valence-electron chi connectivity index (χ2n) is 7.75. The van der Waals surface area contributed by atoms with Gasteiger partial charge in [-0.3, -0.25) is 0 Å². The number of halogens is 3. The van der Waals surface area contributed by atoms with Crippen LogP contribution in [0.4, 0.5) is 24.8 Å². The number of alkyl halides is 3. The van der Waals surface area contributed by atoms with Crippen molar-refractivity contribution in [2.45, 2.75) is 32.9 Å². The van der Waals surface area contributed by atoms with Gasteiger partial charge in [0.2, 0.25) is 11.8 Å². The lowest BCUT2D eigenvalue weighted by Crippen LogP contribution is -2.20. The zero-order valence-corrected chi connectivity index (χ0v) is 18.1. The normalized spacial score (nSPS) is 11.7. The maximum atomic E-state index is 12.7. The lowest BCUT2D eigenvalue weighted by Gasteiger charge is -2.12. The molecule has 0 saturated carbocycles. The Kier molecular flexibility index (Phi) is 5.68. The summed E-state index contributed by atoms with van der Waals surface area (Å²) in [7, 11) is 0. The Morgan fingerprint density at radius 1 is 1.21 bits per heavy atom. The topological polar surface area (TPSA) is 93.1 Å². The Morgan fingerprint density at radius 3 is 2.64 bits per heavy atom. The summed E-state index contributed by atoms with van der Waals surface area (Å²) in [5.74, 6) is 0.148. The number of hydrogen-bond acceptors (Lipinski definition) is 6. The van der Waals surface area contributed by atoms with Crippen molar-refractivity contribution >= 4 is 17.3 Å². The first-order chi connectivity index (χ1) is 15.6. The largest absolute Gasteiger partial charge is 0.468 e. The van der Waals surface area contributed by atoms with Crippen molar-refractivity contribution in [2.24, 2.45) is 0 Å². The molecule has 0 atom stereocenters. The standard InChI is InChI=1S/C22H20F3N7O/c1-13(2)17-5-7-19(33-11-22(23,24)25)32-20(17)29-21(30-32)28-16-4-6-18(15(8-16)9-26)31-10-14(3)27-12-31/h4-8,10,12-13H,11H2,1-3H3,(H,28,30). The number of ether oxygens (including phenoxy) is 1. The first kappa shape index (κ1) is 22.1. The van der Waals surface area contributed by atoms with E-state index in [1.165, 1.54) is 10.6 Å². The number of pyridine rings is 1. The molecule has 1 aromatic carbocycles. The minimum absolute atomic E-state index is 0.0596. The van der Waals surface area contributed by atoms with Crippen LogP contribution >= 0.6 is 0 Å². The van der Waals surface area contributed by atoms with E-state index in [1.807, 2.05) is 27.0 Å². The Bertz CT molecular complexity index is 1350. The molecular weight excluding hydrogens is 435 g/mol. The third-order valence-electron chi connectivity index (χ3n) is 4.85. The van der Waals surface area contributed by atoms with Crippen LogP contribution in [0.1, 0.15) is 36.6 Å². The highest BCUT2D eigenvalue weighted by molar-refractivity contribution is 5.64. The molecular formula is C22H20F3N7O. The van der Waals surface area contributed by atoms with Gasteiger partial charge in [-0.15, -0.1) is 5.10 Å². The minimum Gasteiger partial charge on any atom is -0.468 e. The molecule has 4 rings (SSSR count). The van der Waals surface area contributed by atoms with Crippen molar-refractivity contribution in [3.8, 4) is 17.6 Å². The van der Waals surface area contributed by atoms with E-state index in [4.69, 9.17) is 4.74 Å². The highest BCUT2D eigenvalue weighted by Crippen LogP contribution is 2.28. The zero-order chi connectivity index (χ0) is 23.8. The SMILES string of the molecule is Cc1cn(-c2ccc(Nc3nc4c(C(C)C)ccc(OCC(F)(F)F)n4n3)cc2C#N)cn1. The van der Waals surface area contributed by atoms with E-state index in [9.17, 15) is 18.4 Å². The van der Waals surface area contributed by atoms with Crippen LogP contribution in [-0.4, -0.2) is 36.9 Å². The fourth-order valence-electron chi connectivity index (χ4n) is 3.34. The van der Waals surface area contributed by atoms with Gasteiger partial charge in [-0.1, -0.05) is 13.8 Å². The number of aromatic nitrogens is 5. The first-order valence-corrected chi connectivity index (χ1v) is 10.1. The van der Waals surface area contributed by atoms with Crippen LogP contribution in [0.3, 0.4) is 0 Å². The molecule has 0 spiro atoms. The monoisotopic (exact) mass is 455 g/mol. The summed E-state index contributed by atoms with van der Waals surface area (Å²) in [5, 5.41) is 16.9. The van der Waals surface area contributed by atoms with Crippen LogP contribution < -0.4 is 10.1 Å². The van der Waals surface area contributed by atoms with Gasteiger partial charge in [0.15, 0.2) is 12.3 Å². The number of rotatable bonds is 6. The molecule has 8 nitrogen and oxygen atoms in total. The number of nitriles is 1. The Balaban J connectivity index is 1.69. The molecule has 3 aromatic heterocycles. The minimum atomic E-state index is -4.48. The molecule has 4 aromatic rings. The molecule has 0 aliphatic rings. The van der Waals surface area contributed by atoms with Crippen LogP contribution in [-0.2, 0) is 0 Å². The summed E-state index contributed by atoms with van der Waals surface area (Å²) in [6, 6.07) is 10.4. The van der Waals surface area contributed by atoms with E-state index in [-0.39, 0.29) is 17.7 Å². The molecule has 170 valence electrons. The number of imidazole rings is 1. The Hall–Kier alpha value is -4.07. The molecule has 0 unspecified atom stereocenters. The van der Waals surface area contributed by atoms with E-state index in [1.54, 1.807) is 35.2 Å². The molecule has 0 fully saturated rings. The number of aryl methyl sites for hydroxylation is 1. The summed E-state index contributed by atoms with van der Waals surface area (Å²) < 4.78 is 45.9. The number of anilines is 2. The van der Waals surface area contributed by atoms with Crippen LogP contribution in [0.25, 0.3) is 11.3 Å². The molecule has 0 bridgehead atoms. The van der Waals surface area contributed by atoms with Crippen LogP contribution in [0, 0.1) is 18.3 Å². The van der Waals surface area contributed by atoms with Gasteiger partial charge in [0.05, 0.1) is 23.3 Å². The highest BCUT2D eigenvalue weighted by atomic mass is 19.4. The maximum absolute atomic E-state index is 12.7. The van der Waals surface area contributed by atoms with E-state index in [0.717, 1.165) is 11.3 Å². The molecule has 0 radical (unpaired) electrons. The molecule has 11 heteroatoms. The van der Waals surface area contributed by atoms with Gasteiger partial charge in [0.1, 0.15) is 6.07 Å². The van der Waals surface area contributed by atoms with E-state index >= 15 is 0 Å². The van der Waals surface area contributed by atoms with Crippen molar-refractivity contribution in [3.63, 3.8) is 0 Å². The number of fused-ring (bicyclic) bond motifs is 1. The molecule has 3 heterocycles. The summed E-state index contributed by atoms with van der Waals surface area (Å²) in [6.45, 7) is 4.31. The summed E-state index contributed by atoms with van der Waals surface area (Å²) in [5.41, 5.74) is 3.62. The average Bonchev–Trinajstić information content (AvgIpc) is 3.37. The number of hydrogen-bond donors (Lipinski definition) is 1. The van der Waals surface area contributed by atoms with E-state index in [2.05, 4.69) is 26.5 Å². The number of nitrogens with zero attached hydrogens (tertiary/aromatic N) is 6. The molecule has 33 heavy (non-hydrogen) atoms. The van der Waals surface area contributed by atoms with Crippen molar-refractivity contribution in [1.82, 2.24) is 24.1 Å². The van der Waals surface area contributed by atoms with Crippen LogP contribution in [0.15, 0.2) is 42.9 Å². The van der Waals surface area contributed by atoms with Crippen molar-refractivity contribution in [3.05, 3.63) is 59.7 Å². The van der Waals surface area contributed by atoms with Crippen LogP contribution in [0.2, 0.25) is 0 Å². The van der Waals surface area contributed by atoms with Gasteiger partial charge in [0, 0.05) is 18.0 Å². The van der Waals surface area contributed by atoms with Gasteiger partial charge in [0.25, 0.3) is 0 Å². The van der Waals surface area contributed by atoms with Crippen LogP contribution in [0.5, 0.6) is 5.88 Å². The van der Waals surface area contributed by atoms with Crippen molar-refractivity contribution in [1.29, 1.82) is 5.26 Å². The summed E-state index contributed by atoms with van der Waals surface area (Å²) >= 11 is 0. The van der Waals surface area contributed by atoms with Crippen molar-refractivity contribution in [2.75, 3.05) is 11.9 Å². The molecule has 1 N–H and O–H groups in total. The zero-order valence-electron chi connectivity index (χ0n) is 18.1. The third-order valence-corrected chi connectivity index (χ3v) is 4.85. The lowest BCUT2D eigenvalue weighted by atomic mass is 10.1. The third kappa shape index (κ3) is 4.74. The molecule has 0 aliphatic carbocycles. The maximum Gasteiger partial charge on any atom is 0.422 e. The van der Waals surface area contributed by atoms with Gasteiger partial charge >= 0.3 is 6.18 Å². The number of nitrogens with one attached hydrogen (secondary N) is 1. The average molecular weight is 455 g/mol. The van der Waals surface area contributed by atoms with Gasteiger partial charge in [-0.05, 0) is 42.7 Å². The van der Waals surface area contributed by atoms with Crippen molar-refractivity contribution < 1.29 is 17.9 Å². The number of benzene rings is 1. The van der Waals surface area contributed by atoms with E-state index < -0.39 is 12.8 Å². The predicted molar refractivity (Wildman–Crippen MR) is 115 cm³/mol. The Morgan fingerprint density at radius 2 is 2.00 bits per heavy atom. The second-order valence-corrected chi connectivity index (χ2v) is 7.75. The first-order valence-electron chi connectivity index (χ1n) is 10.1. The predicted octanol–water partition coefficient (Wildman–Crippen LogP) is 4.90. The fraction of sp³-hybridized carbons (Fsp3) is 0.273. The quantitative estimate of drug-likeness (QED) is 0.444. The Labute approximate surface area is 187 Å². The lowest BCUT2D eigenvalue weighted by molar-refractivity contribution is -0.154. The fourth-order valence-corrected chi connectivity index (χ4v) is 3.34. The van der Waals surface area contributed by atoms with Gasteiger partial charge in [-0.2, -0.15) is 27.9 Å². The highest BCUT2D eigenvalue weighted by Gasteiger charge is 2.29. The molecule has 0 aliphatic heterocycles. The van der Waals surface area contributed by atoms with E-state index in [0.29, 0.717) is 22.6 Å². The van der Waals surface area contributed by atoms with Gasteiger partial charge < -0.3 is 14.6 Å². The van der Waals surface area contributed by atoms with Gasteiger partial charge in [-0.25, -0.2) is 4.98 Å².